The first-order valence-electron chi connectivity index (χ1n) is 8.88. The minimum Gasteiger partial charge on any atom is -0.478 e. The smallest absolute Gasteiger partial charge is 0.344 e. The van der Waals surface area contributed by atoms with E-state index in [1.165, 1.54) is 6.07 Å². The number of halogens is 3. The number of amides is 1. The van der Waals surface area contributed by atoms with E-state index in [-0.39, 0.29) is 10.8 Å². The van der Waals surface area contributed by atoms with Crippen LogP contribution in [0.1, 0.15) is 11.3 Å². The molecule has 0 radical (unpaired) electrons. The molecule has 1 N–H and O–H groups in total. The quantitative estimate of drug-likeness (QED) is 0.508. The molecule has 0 aliphatic heterocycles. The standard InChI is InChI=1S/C21H17Cl3N2O4/c1-12-2-7-15-16(23)8-17(24)21(20(15)26-12)30-11-19(28)29-10-18(27)25-9-13-3-5-14(22)6-4-13/h2-8H,9-11H2,1H3,(H,25,27). The van der Waals surface area contributed by atoms with E-state index in [9.17, 15) is 9.59 Å². The van der Waals surface area contributed by atoms with E-state index in [2.05, 4.69) is 10.3 Å². The lowest BCUT2D eigenvalue weighted by molar-refractivity contribution is -0.150. The Bertz CT molecular complexity index is 1090. The number of benzene rings is 2. The second kappa shape index (κ2) is 9.98. The molecule has 0 aliphatic carbocycles. The molecule has 0 aliphatic rings. The number of rotatable bonds is 7. The summed E-state index contributed by atoms with van der Waals surface area (Å²) in [6, 6.07) is 12.2. The summed E-state index contributed by atoms with van der Waals surface area (Å²) in [5.74, 6) is -0.932. The zero-order chi connectivity index (χ0) is 21.7. The van der Waals surface area contributed by atoms with Gasteiger partial charge in [0.25, 0.3) is 5.91 Å². The highest BCUT2D eigenvalue weighted by atomic mass is 35.5. The first-order valence-corrected chi connectivity index (χ1v) is 10.0. The summed E-state index contributed by atoms with van der Waals surface area (Å²) in [5.41, 5.74) is 2.06. The number of nitrogens with one attached hydrogen (secondary N) is 1. The summed E-state index contributed by atoms with van der Waals surface area (Å²) in [7, 11) is 0. The average Bonchev–Trinajstić information content (AvgIpc) is 2.71. The predicted octanol–water partition coefficient (Wildman–Crippen LogP) is 4.74. The van der Waals surface area contributed by atoms with Crippen LogP contribution >= 0.6 is 34.8 Å². The summed E-state index contributed by atoms with van der Waals surface area (Å²) in [5, 5.41) is 4.55. The van der Waals surface area contributed by atoms with E-state index in [0.29, 0.717) is 27.5 Å². The van der Waals surface area contributed by atoms with Gasteiger partial charge in [-0.1, -0.05) is 46.9 Å². The minimum atomic E-state index is -0.719. The first kappa shape index (κ1) is 22.2. The number of ether oxygens (including phenoxy) is 2. The van der Waals surface area contributed by atoms with Crippen LogP contribution in [-0.2, 0) is 20.9 Å². The number of pyridine rings is 1. The molecule has 1 heterocycles. The van der Waals surface area contributed by atoms with Gasteiger partial charge in [-0.15, -0.1) is 0 Å². The number of hydrogen-bond acceptors (Lipinski definition) is 5. The van der Waals surface area contributed by atoms with Crippen molar-refractivity contribution in [2.24, 2.45) is 0 Å². The molecule has 6 nitrogen and oxygen atoms in total. The van der Waals surface area contributed by atoms with E-state index in [4.69, 9.17) is 44.3 Å². The van der Waals surface area contributed by atoms with E-state index in [1.807, 2.05) is 13.0 Å². The number of nitrogens with zero attached hydrogens (tertiary/aromatic N) is 1. The molecule has 0 fully saturated rings. The number of esters is 1. The molecule has 0 saturated carbocycles. The molecule has 9 heteroatoms. The van der Waals surface area contributed by atoms with Gasteiger partial charge in [0, 0.05) is 22.6 Å². The topological polar surface area (TPSA) is 77.5 Å². The maximum Gasteiger partial charge on any atom is 0.344 e. The number of hydrogen-bond donors (Lipinski definition) is 1. The lowest BCUT2D eigenvalue weighted by Crippen LogP contribution is -2.29. The van der Waals surface area contributed by atoms with E-state index < -0.39 is 25.1 Å². The Morgan fingerprint density at radius 2 is 1.73 bits per heavy atom. The molecule has 156 valence electrons. The Hall–Kier alpha value is -2.54. The fraction of sp³-hybridized carbons (Fsp3) is 0.190. The SMILES string of the molecule is Cc1ccc2c(Cl)cc(Cl)c(OCC(=O)OCC(=O)NCc3ccc(Cl)cc3)c2n1. The molecule has 0 spiro atoms. The highest BCUT2D eigenvalue weighted by Gasteiger charge is 2.16. The van der Waals surface area contributed by atoms with E-state index in [1.54, 1.807) is 30.3 Å². The Morgan fingerprint density at radius 1 is 1.00 bits per heavy atom. The second-order valence-electron chi connectivity index (χ2n) is 6.37. The number of carbonyl (C=O) groups is 2. The van der Waals surface area contributed by atoms with Gasteiger partial charge in [-0.3, -0.25) is 4.79 Å². The van der Waals surface area contributed by atoms with Crippen molar-refractivity contribution >= 4 is 57.6 Å². The van der Waals surface area contributed by atoms with Gasteiger partial charge < -0.3 is 14.8 Å². The molecule has 1 amide bonds. The van der Waals surface area contributed by atoms with Crippen LogP contribution in [-0.4, -0.2) is 30.1 Å². The molecule has 1 aromatic heterocycles. The summed E-state index contributed by atoms with van der Waals surface area (Å²) >= 11 is 18.2. The van der Waals surface area contributed by atoms with E-state index >= 15 is 0 Å². The van der Waals surface area contributed by atoms with Gasteiger partial charge in [0.1, 0.15) is 5.52 Å². The third-order valence-electron chi connectivity index (χ3n) is 4.08. The van der Waals surface area contributed by atoms with Crippen LogP contribution in [0.5, 0.6) is 5.75 Å². The van der Waals surface area contributed by atoms with Crippen molar-refractivity contribution in [1.29, 1.82) is 0 Å². The normalized spacial score (nSPS) is 10.7. The van der Waals surface area contributed by atoms with Crippen LogP contribution in [0.3, 0.4) is 0 Å². The average molecular weight is 468 g/mol. The van der Waals surface area contributed by atoms with Crippen LogP contribution < -0.4 is 10.1 Å². The molecule has 3 rings (SSSR count). The Balaban J connectivity index is 1.53. The number of carbonyl (C=O) groups excluding carboxylic acids is 2. The van der Waals surface area contributed by atoms with Gasteiger partial charge in [0.15, 0.2) is 19.0 Å². The molecule has 2 aromatic carbocycles. The molecule has 0 bridgehead atoms. The van der Waals surface area contributed by atoms with Crippen molar-refractivity contribution < 1.29 is 19.1 Å². The van der Waals surface area contributed by atoms with Crippen LogP contribution in [0.4, 0.5) is 0 Å². The van der Waals surface area contributed by atoms with Crippen molar-refractivity contribution in [2.75, 3.05) is 13.2 Å². The Labute approximate surface area is 188 Å². The lowest BCUT2D eigenvalue weighted by Gasteiger charge is -2.12. The van der Waals surface area contributed by atoms with E-state index in [0.717, 1.165) is 11.3 Å². The molecule has 0 saturated heterocycles. The third-order valence-corrected chi connectivity index (χ3v) is 4.92. The molecule has 0 atom stereocenters. The van der Waals surface area contributed by atoms with Crippen LogP contribution in [0.15, 0.2) is 42.5 Å². The molecule has 3 aromatic rings. The van der Waals surface area contributed by atoms with Crippen molar-refractivity contribution in [3.05, 3.63) is 68.8 Å². The van der Waals surface area contributed by atoms with Gasteiger partial charge in [0.2, 0.25) is 0 Å². The first-order chi connectivity index (χ1) is 14.3. The van der Waals surface area contributed by atoms with Crippen molar-refractivity contribution in [3.63, 3.8) is 0 Å². The Kier molecular flexibility index (Phi) is 7.37. The Morgan fingerprint density at radius 3 is 2.47 bits per heavy atom. The monoisotopic (exact) mass is 466 g/mol. The third kappa shape index (κ3) is 5.75. The summed E-state index contributed by atoms with van der Waals surface area (Å²) < 4.78 is 10.5. The lowest BCUT2D eigenvalue weighted by atomic mass is 10.2. The van der Waals surface area contributed by atoms with Crippen LogP contribution in [0, 0.1) is 6.92 Å². The van der Waals surface area contributed by atoms with Crippen LogP contribution in [0.25, 0.3) is 10.9 Å². The van der Waals surface area contributed by atoms with Crippen molar-refractivity contribution in [2.45, 2.75) is 13.5 Å². The van der Waals surface area contributed by atoms with Gasteiger partial charge in [-0.05, 0) is 42.8 Å². The summed E-state index contributed by atoms with van der Waals surface area (Å²) in [6.45, 7) is 1.25. The van der Waals surface area contributed by atoms with Crippen molar-refractivity contribution in [1.82, 2.24) is 10.3 Å². The van der Waals surface area contributed by atoms with Gasteiger partial charge in [-0.25, -0.2) is 9.78 Å². The largest absolute Gasteiger partial charge is 0.478 e. The molecular formula is C21H17Cl3N2O4. The number of aryl methyl sites for hydroxylation is 1. The zero-order valence-electron chi connectivity index (χ0n) is 15.9. The maximum atomic E-state index is 12.0. The van der Waals surface area contributed by atoms with Gasteiger partial charge in [-0.2, -0.15) is 0 Å². The number of fused-ring (bicyclic) bond motifs is 1. The summed E-state index contributed by atoms with van der Waals surface area (Å²) in [6.07, 6.45) is 0. The minimum absolute atomic E-state index is 0.221. The molecule has 30 heavy (non-hydrogen) atoms. The maximum absolute atomic E-state index is 12.0. The fourth-order valence-corrected chi connectivity index (χ4v) is 3.30. The van der Waals surface area contributed by atoms with Gasteiger partial charge in [0.05, 0.1) is 10.0 Å². The molecule has 0 unspecified atom stereocenters. The highest BCUT2D eigenvalue weighted by molar-refractivity contribution is 6.39. The van der Waals surface area contributed by atoms with Crippen LogP contribution in [0.2, 0.25) is 15.1 Å². The van der Waals surface area contributed by atoms with Gasteiger partial charge >= 0.3 is 5.97 Å². The number of aromatic nitrogens is 1. The molecular weight excluding hydrogens is 451 g/mol. The van der Waals surface area contributed by atoms with Crippen molar-refractivity contribution in [3.8, 4) is 5.75 Å². The zero-order valence-corrected chi connectivity index (χ0v) is 18.1. The highest BCUT2D eigenvalue weighted by Crippen LogP contribution is 2.37. The fourth-order valence-electron chi connectivity index (χ4n) is 2.60. The predicted molar refractivity (Wildman–Crippen MR) is 116 cm³/mol. The second-order valence-corrected chi connectivity index (χ2v) is 7.62. The summed E-state index contributed by atoms with van der Waals surface area (Å²) in [4.78, 5) is 28.2.